The van der Waals surface area contributed by atoms with Crippen LogP contribution in [0.3, 0.4) is 0 Å². The topological polar surface area (TPSA) is 37.4 Å². The number of benzene rings is 1. The van der Waals surface area contributed by atoms with Gasteiger partial charge in [-0.1, -0.05) is 22.9 Å². The van der Waals surface area contributed by atoms with Gasteiger partial charge in [0.1, 0.15) is 0 Å². The summed E-state index contributed by atoms with van der Waals surface area (Å²) in [6.07, 6.45) is 1.85. The van der Waals surface area contributed by atoms with Crippen molar-refractivity contribution in [1.29, 1.82) is 0 Å². The summed E-state index contributed by atoms with van der Waals surface area (Å²) in [4.78, 5) is 0.372. The Bertz CT molecular complexity index is 595. The SMILES string of the molecule is Cc1c(Br)cc(CCl)cc1S(=O)(=O)N1CCC(C)CC1. The van der Waals surface area contributed by atoms with Crippen LogP contribution in [-0.2, 0) is 15.9 Å². The summed E-state index contributed by atoms with van der Waals surface area (Å²) in [5.41, 5.74) is 1.56. The summed E-state index contributed by atoms with van der Waals surface area (Å²) < 4.78 is 28.0. The van der Waals surface area contributed by atoms with E-state index in [1.165, 1.54) is 0 Å². The van der Waals surface area contributed by atoms with Crippen molar-refractivity contribution in [2.24, 2.45) is 5.92 Å². The van der Waals surface area contributed by atoms with Gasteiger partial charge in [-0.25, -0.2) is 8.42 Å². The van der Waals surface area contributed by atoms with E-state index in [1.807, 2.05) is 13.0 Å². The van der Waals surface area contributed by atoms with Crippen LogP contribution in [0.1, 0.15) is 30.9 Å². The van der Waals surface area contributed by atoms with E-state index in [1.54, 1.807) is 10.4 Å². The molecule has 1 aliphatic heterocycles. The van der Waals surface area contributed by atoms with E-state index in [4.69, 9.17) is 11.6 Å². The summed E-state index contributed by atoms with van der Waals surface area (Å²) in [6, 6.07) is 3.57. The molecule has 0 aliphatic carbocycles. The standard InChI is InChI=1S/C14H19BrClNO2S/c1-10-3-5-17(6-4-10)20(18,19)14-8-12(9-16)7-13(15)11(14)2/h7-8,10H,3-6,9H2,1-2H3. The Morgan fingerprint density at radius 2 is 1.95 bits per heavy atom. The molecule has 1 aliphatic rings. The van der Waals surface area contributed by atoms with Crippen LogP contribution in [0.2, 0.25) is 0 Å². The zero-order valence-electron chi connectivity index (χ0n) is 11.7. The highest BCUT2D eigenvalue weighted by Crippen LogP contribution is 2.30. The van der Waals surface area contributed by atoms with Crippen molar-refractivity contribution in [2.75, 3.05) is 13.1 Å². The molecule has 0 spiro atoms. The van der Waals surface area contributed by atoms with Gasteiger partial charge in [0, 0.05) is 23.4 Å². The molecule has 6 heteroatoms. The van der Waals surface area contributed by atoms with Crippen molar-refractivity contribution in [2.45, 2.75) is 37.5 Å². The molecule has 0 amide bonds. The maximum atomic E-state index is 12.8. The van der Waals surface area contributed by atoms with Gasteiger partial charge in [-0.05, 0) is 48.9 Å². The third-order valence-corrected chi connectivity index (χ3v) is 7.03. The first-order valence-electron chi connectivity index (χ1n) is 6.71. The first-order valence-corrected chi connectivity index (χ1v) is 9.48. The monoisotopic (exact) mass is 379 g/mol. The van der Waals surface area contributed by atoms with E-state index >= 15 is 0 Å². The van der Waals surface area contributed by atoms with Crippen LogP contribution >= 0.6 is 27.5 Å². The van der Waals surface area contributed by atoms with Crippen LogP contribution in [0, 0.1) is 12.8 Å². The summed E-state index contributed by atoms with van der Waals surface area (Å²) in [5, 5.41) is 0. The molecule has 0 atom stereocenters. The molecule has 0 unspecified atom stereocenters. The van der Waals surface area contributed by atoms with Crippen LogP contribution < -0.4 is 0 Å². The number of alkyl halides is 1. The minimum atomic E-state index is -3.43. The van der Waals surface area contributed by atoms with Crippen LogP contribution in [-0.4, -0.2) is 25.8 Å². The number of sulfonamides is 1. The average Bonchev–Trinajstić information content (AvgIpc) is 2.42. The molecule has 0 radical (unpaired) electrons. The number of rotatable bonds is 3. The molecule has 112 valence electrons. The Morgan fingerprint density at radius 1 is 1.35 bits per heavy atom. The first-order chi connectivity index (χ1) is 9.36. The summed E-state index contributed by atoms with van der Waals surface area (Å²) >= 11 is 9.27. The molecule has 1 heterocycles. The normalized spacial score (nSPS) is 18.4. The summed E-state index contributed by atoms with van der Waals surface area (Å²) in [7, 11) is -3.43. The first kappa shape index (κ1) is 16.3. The van der Waals surface area contributed by atoms with Crippen molar-refractivity contribution in [1.82, 2.24) is 4.31 Å². The van der Waals surface area contributed by atoms with Gasteiger partial charge < -0.3 is 0 Å². The van der Waals surface area contributed by atoms with E-state index < -0.39 is 10.0 Å². The fraction of sp³-hybridized carbons (Fsp3) is 0.571. The van der Waals surface area contributed by atoms with Gasteiger partial charge in [0.25, 0.3) is 0 Å². The molecule has 0 saturated carbocycles. The van der Waals surface area contributed by atoms with Crippen LogP contribution in [0.25, 0.3) is 0 Å². The second-order valence-corrected chi connectivity index (χ2v) is 8.45. The molecule has 3 nitrogen and oxygen atoms in total. The van der Waals surface area contributed by atoms with Crippen LogP contribution in [0.4, 0.5) is 0 Å². The number of piperidine rings is 1. The highest BCUT2D eigenvalue weighted by atomic mass is 79.9. The largest absolute Gasteiger partial charge is 0.243 e. The Kier molecular flexibility index (Phi) is 5.16. The molecule has 1 saturated heterocycles. The zero-order valence-corrected chi connectivity index (χ0v) is 14.9. The number of nitrogens with zero attached hydrogens (tertiary/aromatic N) is 1. The maximum Gasteiger partial charge on any atom is 0.243 e. The van der Waals surface area contributed by atoms with Crippen molar-refractivity contribution < 1.29 is 8.42 Å². The highest BCUT2D eigenvalue weighted by Gasteiger charge is 2.30. The van der Waals surface area contributed by atoms with Gasteiger partial charge in [0.05, 0.1) is 4.90 Å². The van der Waals surface area contributed by atoms with Gasteiger partial charge in [-0.15, -0.1) is 11.6 Å². The predicted octanol–water partition coefficient (Wildman–Crippen LogP) is 3.92. The van der Waals surface area contributed by atoms with E-state index in [-0.39, 0.29) is 0 Å². The molecular weight excluding hydrogens is 362 g/mol. The molecule has 1 fully saturated rings. The second-order valence-electron chi connectivity index (χ2n) is 5.42. The van der Waals surface area contributed by atoms with Crippen molar-refractivity contribution >= 4 is 37.6 Å². The van der Waals surface area contributed by atoms with Gasteiger partial charge in [-0.3, -0.25) is 0 Å². The van der Waals surface area contributed by atoms with Crippen LogP contribution in [0.5, 0.6) is 0 Å². The molecule has 1 aromatic rings. The lowest BCUT2D eigenvalue weighted by Gasteiger charge is -2.30. The smallest absolute Gasteiger partial charge is 0.207 e. The Labute approximate surface area is 134 Å². The molecule has 0 bridgehead atoms. The predicted molar refractivity (Wildman–Crippen MR) is 85.6 cm³/mol. The van der Waals surface area contributed by atoms with E-state index in [9.17, 15) is 8.42 Å². The van der Waals surface area contributed by atoms with Gasteiger partial charge in [0.15, 0.2) is 0 Å². The lowest BCUT2D eigenvalue weighted by molar-refractivity contribution is 0.288. The summed E-state index contributed by atoms with van der Waals surface area (Å²) in [5.74, 6) is 0.904. The fourth-order valence-corrected chi connectivity index (χ4v) is 4.98. The fourth-order valence-electron chi connectivity index (χ4n) is 2.42. The van der Waals surface area contributed by atoms with Crippen molar-refractivity contribution in [3.05, 3.63) is 27.7 Å². The minimum Gasteiger partial charge on any atom is -0.207 e. The quantitative estimate of drug-likeness (QED) is 0.745. The lowest BCUT2D eigenvalue weighted by Crippen LogP contribution is -2.38. The third-order valence-electron chi connectivity index (χ3n) is 3.87. The van der Waals surface area contributed by atoms with E-state index in [0.717, 1.165) is 28.4 Å². The zero-order chi connectivity index (χ0) is 14.9. The van der Waals surface area contributed by atoms with Gasteiger partial charge >= 0.3 is 0 Å². The molecular formula is C14H19BrClNO2S. The third kappa shape index (κ3) is 3.21. The number of hydrogen-bond acceptors (Lipinski definition) is 2. The maximum absolute atomic E-state index is 12.8. The number of hydrogen-bond donors (Lipinski definition) is 0. The second kappa shape index (κ2) is 6.34. The Morgan fingerprint density at radius 3 is 2.50 bits per heavy atom. The lowest BCUT2D eigenvalue weighted by atomic mass is 10.0. The van der Waals surface area contributed by atoms with Crippen molar-refractivity contribution in [3.8, 4) is 0 Å². The van der Waals surface area contributed by atoms with Gasteiger partial charge in [0.2, 0.25) is 10.0 Å². The van der Waals surface area contributed by atoms with Gasteiger partial charge in [-0.2, -0.15) is 4.31 Å². The molecule has 2 rings (SSSR count). The molecule has 0 aromatic heterocycles. The molecule has 0 N–H and O–H groups in total. The molecule has 20 heavy (non-hydrogen) atoms. The Hall–Kier alpha value is -0.100. The summed E-state index contributed by atoms with van der Waals surface area (Å²) in [6.45, 7) is 5.19. The highest BCUT2D eigenvalue weighted by molar-refractivity contribution is 9.10. The molecule has 1 aromatic carbocycles. The van der Waals surface area contributed by atoms with Crippen molar-refractivity contribution in [3.63, 3.8) is 0 Å². The average molecular weight is 381 g/mol. The minimum absolute atomic E-state index is 0.304. The van der Waals surface area contributed by atoms with E-state index in [2.05, 4.69) is 22.9 Å². The number of halogens is 2. The van der Waals surface area contributed by atoms with Crippen LogP contribution in [0.15, 0.2) is 21.5 Å². The Balaban J connectivity index is 2.41. The van der Waals surface area contributed by atoms with E-state index in [0.29, 0.717) is 29.8 Å².